The van der Waals surface area contributed by atoms with Gasteiger partial charge in [0.05, 0.1) is 11.1 Å². The maximum Gasteiger partial charge on any atom is 0.172 e. The van der Waals surface area contributed by atoms with Crippen molar-refractivity contribution in [2.75, 3.05) is 12.4 Å². The zero-order chi connectivity index (χ0) is 13.7. The van der Waals surface area contributed by atoms with Gasteiger partial charge >= 0.3 is 0 Å². The Morgan fingerprint density at radius 3 is 2.89 bits per heavy atom. The number of oxime groups is 1. The summed E-state index contributed by atoms with van der Waals surface area (Å²) >= 11 is 1.57. The number of aliphatic hydroxyl groups is 1. The summed E-state index contributed by atoms with van der Waals surface area (Å²) < 4.78 is 0. The van der Waals surface area contributed by atoms with Gasteiger partial charge in [0.15, 0.2) is 5.84 Å². The predicted molar refractivity (Wildman–Crippen MR) is 76.7 cm³/mol. The minimum atomic E-state index is 0.0461. The molecular weight excluding hydrogens is 262 g/mol. The minimum absolute atomic E-state index is 0.0461. The smallest absolute Gasteiger partial charge is 0.172 e. The third-order valence-electron chi connectivity index (χ3n) is 2.66. The van der Waals surface area contributed by atoms with E-state index in [0.717, 1.165) is 21.6 Å². The molecule has 0 fully saturated rings. The van der Waals surface area contributed by atoms with Gasteiger partial charge in [-0.2, -0.15) is 0 Å². The molecule has 0 spiro atoms. The van der Waals surface area contributed by atoms with Gasteiger partial charge in [0, 0.05) is 28.8 Å². The number of aliphatic hydroxyl groups excluding tert-OH is 1. The predicted octanol–water partition coefficient (Wildman–Crippen LogP) is 1.80. The molecule has 2 rings (SSSR count). The molecule has 6 heteroatoms. The van der Waals surface area contributed by atoms with Crippen LogP contribution in [0.4, 0.5) is 0 Å². The number of hydrogen-bond acceptors (Lipinski definition) is 5. The Labute approximate surface area is 115 Å². The van der Waals surface area contributed by atoms with Crippen LogP contribution >= 0.6 is 11.8 Å². The van der Waals surface area contributed by atoms with Crippen molar-refractivity contribution in [2.45, 2.75) is 11.3 Å². The fraction of sp³-hybridized carbons (Fsp3) is 0.231. The van der Waals surface area contributed by atoms with E-state index in [-0.39, 0.29) is 12.4 Å². The summed E-state index contributed by atoms with van der Waals surface area (Å²) in [4.78, 5) is 5.23. The number of thioether (sulfide) groups is 1. The van der Waals surface area contributed by atoms with Gasteiger partial charge in [-0.3, -0.25) is 4.98 Å². The van der Waals surface area contributed by atoms with Crippen molar-refractivity contribution in [3.05, 3.63) is 36.0 Å². The molecule has 4 N–H and O–H groups in total. The van der Waals surface area contributed by atoms with E-state index in [1.54, 1.807) is 18.0 Å². The van der Waals surface area contributed by atoms with Crippen molar-refractivity contribution in [3.63, 3.8) is 0 Å². The third-order valence-corrected chi connectivity index (χ3v) is 3.88. The van der Waals surface area contributed by atoms with Crippen molar-refractivity contribution < 1.29 is 10.3 Å². The van der Waals surface area contributed by atoms with Crippen LogP contribution in [0.5, 0.6) is 0 Å². The van der Waals surface area contributed by atoms with Crippen molar-refractivity contribution in [3.8, 4) is 0 Å². The Morgan fingerprint density at radius 1 is 1.37 bits per heavy atom. The lowest BCUT2D eigenvalue weighted by atomic mass is 10.1. The van der Waals surface area contributed by atoms with E-state index < -0.39 is 0 Å². The molecule has 0 aliphatic heterocycles. The molecule has 2 aromatic rings. The molecule has 5 nitrogen and oxygen atoms in total. The lowest BCUT2D eigenvalue weighted by molar-refractivity contribution is 0.296. The lowest BCUT2D eigenvalue weighted by Crippen LogP contribution is -2.15. The van der Waals surface area contributed by atoms with E-state index in [2.05, 4.69) is 10.1 Å². The number of hydrogen-bond donors (Lipinski definition) is 3. The van der Waals surface area contributed by atoms with Crippen molar-refractivity contribution in [2.24, 2.45) is 10.9 Å². The molecule has 0 unspecified atom stereocenters. The number of aromatic nitrogens is 1. The molecule has 0 amide bonds. The third kappa shape index (κ3) is 2.97. The van der Waals surface area contributed by atoms with Crippen LogP contribution in [0.25, 0.3) is 10.9 Å². The highest BCUT2D eigenvalue weighted by Gasteiger charge is 2.12. The normalized spacial score (nSPS) is 11.9. The summed E-state index contributed by atoms with van der Waals surface area (Å²) in [5.74, 6) is 0.806. The summed E-state index contributed by atoms with van der Waals surface area (Å²) in [6.45, 7) is 0.148. The summed E-state index contributed by atoms with van der Waals surface area (Å²) in [5, 5.41) is 21.7. The molecule has 0 aliphatic carbocycles. The van der Waals surface area contributed by atoms with Crippen LogP contribution in [-0.4, -0.2) is 33.5 Å². The van der Waals surface area contributed by atoms with Gasteiger partial charge < -0.3 is 16.0 Å². The Hall–Kier alpha value is -1.79. The Bertz CT molecular complexity index is 601. The number of fused-ring (bicyclic) bond motifs is 1. The van der Waals surface area contributed by atoms with Gasteiger partial charge in [-0.15, -0.1) is 11.8 Å². The van der Waals surface area contributed by atoms with E-state index in [1.807, 2.05) is 24.3 Å². The van der Waals surface area contributed by atoms with Gasteiger partial charge in [-0.05, 0) is 12.5 Å². The Kier molecular flexibility index (Phi) is 4.59. The Balaban J connectivity index is 2.51. The molecule has 1 aromatic heterocycles. The van der Waals surface area contributed by atoms with E-state index in [9.17, 15) is 0 Å². The average Bonchev–Trinajstić information content (AvgIpc) is 2.46. The van der Waals surface area contributed by atoms with E-state index >= 15 is 0 Å². The van der Waals surface area contributed by atoms with Crippen molar-refractivity contribution in [1.82, 2.24) is 4.98 Å². The molecule has 0 atom stereocenters. The molecule has 19 heavy (non-hydrogen) atoms. The summed E-state index contributed by atoms with van der Waals surface area (Å²) in [6, 6.07) is 7.72. The number of pyridine rings is 1. The molecule has 1 heterocycles. The minimum Gasteiger partial charge on any atom is -0.409 e. The highest BCUT2D eigenvalue weighted by molar-refractivity contribution is 7.99. The number of rotatable bonds is 5. The fourth-order valence-electron chi connectivity index (χ4n) is 1.75. The molecule has 100 valence electrons. The van der Waals surface area contributed by atoms with Gasteiger partial charge in [-0.25, -0.2) is 0 Å². The lowest BCUT2D eigenvalue weighted by Gasteiger charge is -2.10. The summed E-state index contributed by atoms with van der Waals surface area (Å²) in [7, 11) is 0. The standard InChI is InChI=1S/C13H15N3O2S/c14-13(16-18)10-8-15-11-5-2-1-4-9(11)12(10)19-7-3-6-17/h1-2,4-5,8,17-18H,3,6-7H2,(H2,14,16). The topological polar surface area (TPSA) is 91.7 Å². The van der Waals surface area contributed by atoms with Crippen LogP contribution < -0.4 is 5.73 Å². The molecule has 0 saturated heterocycles. The summed E-state index contributed by atoms with van der Waals surface area (Å²) in [6.07, 6.45) is 2.30. The number of amidine groups is 1. The second kappa shape index (κ2) is 6.40. The zero-order valence-electron chi connectivity index (χ0n) is 10.3. The van der Waals surface area contributed by atoms with Gasteiger partial charge in [0.1, 0.15) is 0 Å². The quantitative estimate of drug-likeness (QED) is 0.193. The van der Waals surface area contributed by atoms with Crippen LogP contribution in [0.2, 0.25) is 0 Å². The van der Waals surface area contributed by atoms with Gasteiger partial charge in [-0.1, -0.05) is 23.4 Å². The Morgan fingerprint density at radius 2 is 2.16 bits per heavy atom. The number of para-hydroxylation sites is 1. The molecule has 1 aromatic carbocycles. The van der Waals surface area contributed by atoms with E-state index in [1.165, 1.54) is 0 Å². The van der Waals surface area contributed by atoms with E-state index in [4.69, 9.17) is 16.0 Å². The zero-order valence-corrected chi connectivity index (χ0v) is 11.1. The number of nitrogens with two attached hydrogens (primary N) is 1. The average molecular weight is 277 g/mol. The van der Waals surface area contributed by atoms with Crippen LogP contribution in [0, 0.1) is 0 Å². The largest absolute Gasteiger partial charge is 0.409 e. The first kappa shape index (κ1) is 13.6. The monoisotopic (exact) mass is 277 g/mol. The maximum absolute atomic E-state index is 8.87. The fourth-order valence-corrected chi connectivity index (χ4v) is 2.87. The second-order valence-electron chi connectivity index (χ2n) is 3.93. The van der Waals surface area contributed by atoms with Crippen molar-refractivity contribution >= 4 is 28.5 Å². The second-order valence-corrected chi connectivity index (χ2v) is 5.03. The highest BCUT2D eigenvalue weighted by atomic mass is 32.2. The molecule has 0 saturated carbocycles. The van der Waals surface area contributed by atoms with Gasteiger partial charge in [0.2, 0.25) is 0 Å². The first-order valence-corrected chi connectivity index (χ1v) is 6.85. The number of nitrogens with zero attached hydrogens (tertiary/aromatic N) is 2. The highest BCUT2D eigenvalue weighted by Crippen LogP contribution is 2.30. The molecule has 0 aliphatic rings. The first-order chi connectivity index (χ1) is 9.27. The molecule has 0 bridgehead atoms. The van der Waals surface area contributed by atoms with Crippen LogP contribution in [0.3, 0.4) is 0 Å². The van der Waals surface area contributed by atoms with Crippen LogP contribution in [0.1, 0.15) is 12.0 Å². The first-order valence-electron chi connectivity index (χ1n) is 5.87. The van der Waals surface area contributed by atoms with E-state index in [0.29, 0.717) is 12.0 Å². The van der Waals surface area contributed by atoms with Gasteiger partial charge in [0.25, 0.3) is 0 Å². The molecular formula is C13H15N3O2S. The molecule has 0 radical (unpaired) electrons. The van der Waals surface area contributed by atoms with Crippen LogP contribution in [0.15, 0.2) is 40.5 Å². The van der Waals surface area contributed by atoms with Crippen LogP contribution in [-0.2, 0) is 0 Å². The summed E-state index contributed by atoms with van der Waals surface area (Å²) in [5.41, 5.74) is 7.17. The number of benzene rings is 1. The van der Waals surface area contributed by atoms with Crippen molar-refractivity contribution in [1.29, 1.82) is 0 Å². The SMILES string of the molecule is NC(=NO)c1cnc2ccccc2c1SCCCO. The maximum atomic E-state index is 8.87.